The van der Waals surface area contributed by atoms with Gasteiger partial charge in [-0.05, 0) is 43.6 Å². The van der Waals surface area contributed by atoms with Crippen LogP contribution >= 0.6 is 0 Å². The maximum absolute atomic E-state index is 11.3. The highest BCUT2D eigenvalue weighted by atomic mass is 16.5. The largest absolute Gasteiger partial charge is 0.380 e. The average molecular weight is 262 g/mol. The fourth-order valence-corrected chi connectivity index (χ4v) is 2.75. The van der Waals surface area contributed by atoms with Crippen LogP contribution in [0.4, 0.5) is 0 Å². The molecule has 1 aromatic heterocycles. The number of nitrogens with one attached hydrogen (secondary N) is 2. The normalized spacial score (nSPS) is 22.2. The Kier molecular flexibility index (Phi) is 3.99. The lowest BCUT2D eigenvalue weighted by Crippen LogP contribution is -2.30. The quantitative estimate of drug-likeness (QED) is 0.768. The molecule has 4 nitrogen and oxygen atoms in total. The van der Waals surface area contributed by atoms with Crippen molar-refractivity contribution in [2.75, 3.05) is 19.8 Å². The van der Waals surface area contributed by atoms with Crippen LogP contribution in [0.25, 0.3) is 0 Å². The summed E-state index contributed by atoms with van der Waals surface area (Å²) in [5, 5.41) is 3.54. The molecule has 0 aromatic carbocycles. The number of hydrogen-bond donors (Lipinski definition) is 2. The van der Waals surface area contributed by atoms with Gasteiger partial charge < -0.3 is 15.0 Å². The molecule has 0 amide bonds. The van der Waals surface area contributed by atoms with Crippen molar-refractivity contribution in [3.63, 3.8) is 0 Å². The van der Waals surface area contributed by atoms with E-state index in [0.29, 0.717) is 6.04 Å². The zero-order chi connectivity index (χ0) is 13.1. The highest BCUT2D eigenvalue weighted by Gasteiger charge is 2.22. The lowest BCUT2D eigenvalue weighted by molar-refractivity contribution is 0.123. The Morgan fingerprint density at radius 1 is 1.32 bits per heavy atom. The van der Waals surface area contributed by atoms with Gasteiger partial charge in [0.1, 0.15) is 0 Å². The smallest absolute Gasteiger partial charge is 0.248 e. The van der Waals surface area contributed by atoms with E-state index in [0.717, 1.165) is 50.6 Å². The fourth-order valence-electron chi connectivity index (χ4n) is 2.75. The van der Waals surface area contributed by atoms with Gasteiger partial charge in [0, 0.05) is 31.0 Å². The summed E-state index contributed by atoms with van der Waals surface area (Å²) in [6.07, 6.45) is 5.95. The average Bonchev–Trinajstić information content (AvgIpc) is 3.22. The highest BCUT2D eigenvalue weighted by molar-refractivity contribution is 5.26. The van der Waals surface area contributed by atoms with Gasteiger partial charge in [-0.25, -0.2) is 0 Å². The van der Waals surface area contributed by atoms with Crippen molar-refractivity contribution in [1.29, 1.82) is 0 Å². The minimum atomic E-state index is 0.00664. The van der Waals surface area contributed by atoms with E-state index >= 15 is 0 Å². The van der Waals surface area contributed by atoms with Crippen LogP contribution in [0.5, 0.6) is 0 Å². The molecule has 1 saturated carbocycles. The van der Waals surface area contributed by atoms with Gasteiger partial charge in [-0.15, -0.1) is 0 Å². The first-order valence-corrected chi connectivity index (χ1v) is 7.36. The van der Waals surface area contributed by atoms with Crippen LogP contribution in [0, 0.1) is 5.92 Å². The van der Waals surface area contributed by atoms with Crippen molar-refractivity contribution >= 4 is 0 Å². The molecule has 1 heterocycles. The van der Waals surface area contributed by atoms with Gasteiger partial charge in [-0.2, -0.15) is 0 Å². The molecule has 4 heteroatoms. The molecule has 2 N–H and O–H groups in total. The molecule has 3 rings (SSSR count). The molecule has 0 spiro atoms. The maximum Gasteiger partial charge on any atom is 0.248 e. The van der Waals surface area contributed by atoms with E-state index in [4.69, 9.17) is 4.74 Å². The summed E-state index contributed by atoms with van der Waals surface area (Å²) in [5.74, 6) is 0.834. The Morgan fingerprint density at radius 3 is 3.05 bits per heavy atom. The fraction of sp³-hybridized carbons (Fsp3) is 0.667. The second kappa shape index (κ2) is 5.88. The Morgan fingerprint density at radius 2 is 2.21 bits per heavy atom. The van der Waals surface area contributed by atoms with Gasteiger partial charge in [0.15, 0.2) is 0 Å². The van der Waals surface area contributed by atoms with E-state index in [2.05, 4.69) is 10.3 Å². The summed E-state index contributed by atoms with van der Waals surface area (Å²) in [4.78, 5) is 14.3. The topological polar surface area (TPSA) is 54.1 Å². The number of aryl methyl sites for hydroxylation is 1. The van der Waals surface area contributed by atoms with E-state index in [1.54, 1.807) is 6.07 Å². The number of rotatable bonds is 6. The molecule has 0 bridgehead atoms. The van der Waals surface area contributed by atoms with Gasteiger partial charge in [0.2, 0.25) is 5.56 Å². The molecule has 1 atom stereocenters. The summed E-state index contributed by atoms with van der Waals surface area (Å²) in [6.45, 7) is 2.60. The second-order valence-corrected chi connectivity index (χ2v) is 5.67. The lowest BCUT2D eigenvalue weighted by atomic mass is 9.91. The third kappa shape index (κ3) is 3.45. The van der Waals surface area contributed by atoms with Crippen molar-refractivity contribution in [2.24, 2.45) is 5.92 Å². The molecule has 0 aliphatic heterocycles. The summed E-state index contributed by atoms with van der Waals surface area (Å²) < 4.78 is 5.64. The maximum atomic E-state index is 11.3. The van der Waals surface area contributed by atoms with Gasteiger partial charge in [0.05, 0.1) is 6.61 Å². The molecule has 104 valence electrons. The first-order valence-electron chi connectivity index (χ1n) is 7.36. The SMILES string of the molecule is O=c1ccc2c([nH]1)CCCC2NCCOCC1CC1. The molecule has 1 unspecified atom stereocenters. The predicted octanol–water partition coefficient (Wildman–Crippen LogP) is 1.77. The van der Waals surface area contributed by atoms with Crippen LogP contribution in [0.3, 0.4) is 0 Å². The number of hydrogen-bond acceptors (Lipinski definition) is 3. The molecule has 1 aromatic rings. The molecule has 0 radical (unpaired) electrons. The van der Waals surface area contributed by atoms with Gasteiger partial charge in [-0.3, -0.25) is 4.79 Å². The molecular weight excluding hydrogens is 240 g/mol. The first kappa shape index (κ1) is 12.9. The summed E-state index contributed by atoms with van der Waals surface area (Å²) in [5.41, 5.74) is 2.37. The Bertz CT molecular complexity index is 479. The minimum absolute atomic E-state index is 0.00664. The zero-order valence-electron chi connectivity index (χ0n) is 11.3. The van der Waals surface area contributed by atoms with Crippen LogP contribution in [-0.2, 0) is 11.2 Å². The second-order valence-electron chi connectivity index (χ2n) is 5.67. The Hall–Kier alpha value is -1.13. The van der Waals surface area contributed by atoms with E-state index in [1.165, 1.54) is 18.4 Å². The van der Waals surface area contributed by atoms with Crippen molar-refractivity contribution in [1.82, 2.24) is 10.3 Å². The van der Waals surface area contributed by atoms with E-state index in [9.17, 15) is 4.79 Å². The zero-order valence-corrected chi connectivity index (χ0v) is 11.3. The van der Waals surface area contributed by atoms with Crippen LogP contribution in [0.1, 0.15) is 43.0 Å². The summed E-state index contributed by atoms with van der Waals surface area (Å²) in [7, 11) is 0. The highest BCUT2D eigenvalue weighted by Crippen LogP contribution is 2.29. The van der Waals surface area contributed by atoms with Crippen LogP contribution in [0.15, 0.2) is 16.9 Å². The molecule has 0 saturated heterocycles. The molecule has 1 fully saturated rings. The Labute approximate surface area is 113 Å². The molecular formula is C15H22N2O2. The number of H-pyrrole nitrogens is 1. The molecule has 19 heavy (non-hydrogen) atoms. The summed E-state index contributed by atoms with van der Waals surface area (Å²) in [6, 6.07) is 3.96. The Balaban J connectivity index is 1.49. The van der Waals surface area contributed by atoms with Gasteiger partial charge in [0.25, 0.3) is 0 Å². The van der Waals surface area contributed by atoms with Crippen molar-refractivity contribution in [2.45, 2.75) is 38.1 Å². The first-order chi connectivity index (χ1) is 9.33. The van der Waals surface area contributed by atoms with Crippen molar-refractivity contribution in [3.05, 3.63) is 33.7 Å². The van der Waals surface area contributed by atoms with E-state index < -0.39 is 0 Å². The number of ether oxygens (including phenoxy) is 1. The number of fused-ring (bicyclic) bond motifs is 1. The van der Waals surface area contributed by atoms with Crippen molar-refractivity contribution < 1.29 is 4.74 Å². The van der Waals surface area contributed by atoms with Crippen molar-refractivity contribution in [3.8, 4) is 0 Å². The minimum Gasteiger partial charge on any atom is -0.380 e. The lowest BCUT2D eigenvalue weighted by Gasteiger charge is -2.26. The van der Waals surface area contributed by atoms with Gasteiger partial charge in [-0.1, -0.05) is 6.07 Å². The van der Waals surface area contributed by atoms with E-state index in [1.807, 2.05) is 6.07 Å². The monoisotopic (exact) mass is 262 g/mol. The van der Waals surface area contributed by atoms with Crippen LogP contribution in [-0.4, -0.2) is 24.7 Å². The number of aromatic amines is 1. The third-order valence-electron chi connectivity index (χ3n) is 4.02. The predicted molar refractivity (Wildman–Crippen MR) is 74.3 cm³/mol. The number of pyridine rings is 1. The van der Waals surface area contributed by atoms with Crippen LogP contribution < -0.4 is 10.9 Å². The van der Waals surface area contributed by atoms with Gasteiger partial charge >= 0.3 is 0 Å². The standard InChI is InChI=1S/C15H22N2O2/c18-15-7-6-12-13(2-1-3-14(12)17-15)16-8-9-19-10-11-4-5-11/h6-7,11,13,16H,1-5,8-10H2,(H,17,18). The molecule has 2 aliphatic carbocycles. The third-order valence-corrected chi connectivity index (χ3v) is 4.02. The summed E-state index contributed by atoms with van der Waals surface area (Å²) >= 11 is 0. The van der Waals surface area contributed by atoms with E-state index in [-0.39, 0.29) is 5.56 Å². The number of aromatic nitrogens is 1. The molecule has 2 aliphatic rings. The van der Waals surface area contributed by atoms with Crippen LogP contribution in [0.2, 0.25) is 0 Å².